The molecular formula is C10H11N5O3. The first kappa shape index (κ1) is 12.0. The topological polar surface area (TPSA) is 99.0 Å². The maximum Gasteiger partial charge on any atom is 0.362 e. The summed E-state index contributed by atoms with van der Waals surface area (Å²) in [6.07, 6.45) is 1.43. The lowest BCUT2D eigenvalue weighted by molar-refractivity contribution is 0.0591. The third-order valence-electron chi connectivity index (χ3n) is 2.41. The molecule has 0 amide bonds. The number of nitrogens with one attached hydrogen (secondary N) is 1. The lowest BCUT2D eigenvalue weighted by atomic mass is 10.4. The number of hydrogen-bond donors (Lipinski definition) is 1. The molecule has 0 unspecified atom stereocenters. The molecule has 2 aromatic heterocycles. The third kappa shape index (κ3) is 1.77. The highest BCUT2D eigenvalue weighted by Crippen LogP contribution is 2.08. The van der Waals surface area contributed by atoms with Gasteiger partial charge in [-0.05, 0) is 0 Å². The quantitative estimate of drug-likeness (QED) is 0.719. The zero-order valence-corrected chi connectivity index (χ0v) is 10.1. The minimum atomic E-state index is -0.782. The summed E-state index contributed by atoms with van der Waals surface area (Å²) in [6.45, 7) is 0. The van der Waals surface area contributed by atoms with Crippen molar-refractivity contribution < 1.29 is 9.53 Å². The van der Waals surface area contributed by atoms with E-state index in [1.165, 1.54) is 24.9 Å². The smallest absolute Gasteiger partial charge is 0.362 e. The van der Waals surface area contributed by atoms with Gasteiger partial charge < -0.3 is 10.1 Å². The van der Waals surface area contributed by atoms with Crippen LogP contribution in [0.4, 0.5) is 5.95 Å². The van der Waals surface area contributed by atoms with E-state index in [9.17, 15) is 9.59 Å². The summed E-state index contributed by atoms with van der Waals surface area (Å²) in [7, 11) is 4.36. The molecule has 0 radical (unpaired) electrons. The summed E-state index contributed by atoms with van der Waals surface area (Å²) >= 11 is 0. The van der Waals surface area contributed by atoms with Gasteiger partial charge in [0.25, 0.3) is 5.56 Å². The number of aromatic nitrogens is 4. The number of esters is 1. The summed E-state index contributed by atoms with van der Waals surface area (Å²) in [4.78, 5) is 35.3. The molecule has 0 aliphatic carbocycles. The Bertz CT molecular complexity index is 679. The van der Waals surface area contributed by atoms with Crippen LogP contribution >= 0.6 is 0 Å². The molecule has 8 heteroatoms. The van der Waals surface area contributed by atoms with Crippen molar-refractivity contribution in [3.63, 3.8) is 0 Å². The minimum absolute atomic E-state index is 0.284. The van der Waals surface area contributed by atoms with Crippen LogP contribution in [0.15, 0.2) is 11.0 Å². The number of aryl methyl sites for hydroxylation is 1. The number of rotatable bonds is 2. The minimum Gasteiger partial charge on any atom is -0.464 e. The second-order valence-corrected chi connectivity index (χ2v) is 3.47. The molecule has 0 saturated heterocycles. The highest BCUT2D eigenvalue weighted by Gasteiger charge is 2.17. The molecule has 8 nitrogen and oxygen atoms in total. The summed E-state index contributed by atoms with van der Waals surface area (Å²) < 4.78 is 5.73. The predicted molar refractivity (Wildman–Crippen MR) is 63.5 cm³/mol. The molecule has 0 atom stereocenters. The predicted octanol–water partition coefficient (Wildman–Crippen LogP) is -0.448. The van der Waals surface area contributed by atoms with Crippen LogP contribution in [0.2, 0.25) is 0 Å². The van der Waals surface area contributed by atoms with Gasteiger partial charge in [0.15, 0.2) is 5.65 Å². The van der Waals surface area contributed by atoms with E-state index < -0.39 is 11.5 Å². The van der Waals surface area contributed by atoms with Gasteiger partial charge in [0, 0.05) is 14.1 Å². The number of anilines is 1. The summed E-state index contributed by atoms with van der Waals surface area (Å²) in [6, 6.07) is 0. The molecule has 2 heterocycles. The fourth-order valence-corrected chi connectivity index (χ4v) is 1.47. The van der Waals surface area contributed by atoms with E-state index in [1.54, 1.807) is 7.05 Å². The molecule has 1 N–H and O–H groups in total. The molecule has 0 bridgehead atoms. The van der Waals surface area contributed by atoms with Gasteiger partial charge in [-0.1, -0.05) is 0 Å². The van der Waals surface area contributed by atoms with Gasteiger partial charge in [-0.3, -0.25) is 9.36 Å². The lowest BCUT2D eigenvalue weighted by Gasteiger charge is -2.06. The maximum atomic E-state index is 11.9. The highest BCUT2D eigenvalue weighted by atomic mass is 16.5. The summed E-state index contributed by atoms with van der Waals surface area (Å²) in [5.74, 6) is -0.416. The zero-order chi connectivity index (χ0) is 13.3. The molecule has 0 aromatic carbocycles. The van der Waals surface area contributed by atoms with Crippen LogP contribution in [-0.4, -0.2) is 39.6 Å². The van der Waals surface area contributed by atoms with E-state index in [0.29, 0.717) is 17.1 Å². The van der Waals surface area contributed by atoms with E-state index in [4.69, 9.17) is 0 Å². The van der Waals surface area contributed by atoms with Crippen LogP contribution < -0.4 is 10.9 Å². The van der Waals surface area contributed by atoms with Gasteiger partial charge in [0.2, 0.25) is 11.6 Å². The maximum absolute atomic E-state index is 11.9. The Labute approximate surface area is 102 Å². The van der Waals surface area contributed by atoms with E-state index in [2.05, 4.69) is 25.0 Å². The first-order valence-electron chi connectivity index (χ1n) is 5.08. The van der Waals surface area contributed by atoms with Crippen LogP contribution in [-0.2, 0) is 11.8 Å². The zero-order valence-electron chi connectivity index (χ0n) is 10.1. The molecule has 94 valence electrons. The van der Waals surface area contributed by atoms with Gasteiger partial charge in [0.05, 0.1) is 13.3 Å². The normalized spacial score (nSPS) is 10.4. The van der Waals surface area contributed by atoms with Crippen molar-refractivity contribution in [3.05, 3.63) is 22.2 Å². The van der Waals surface area contributed by atoms with E-state index in [-0.39, 0.29) is 5.69 Å². The Morgan fingerprint density at radius 2 is 2.17 bits per heavy atom. The molecule has 0 aliphatic heterocycles. The molecular weight excluding hydrogens is 238 g/mol. The van der Waals surface area contributed by atoms with Gasteiger partial charge in [-0.2, -0.15) is 4.98 Å². The monoisotopic (exact) mass is 249 g/mol. The van der Waals surface area contributed by atoms with Crippen LogP contribution in [0.3, 0.4) is 0 Å². The molecule has 0 fully saturated rings. The largest absolute Gasteiger partial charge is 0.464 e. The standard InChI is InChI=1S/C10H11N5O3/c1-11-10-12-4-5-7(14-10)15(2)8(16)6(13-5)9(17)18-3/h4H,1-3H3,(H,11,12,14). The molecule has 2 rings (SSSR count). The van der Waals surface area contributed by atoms with E-state index in [0.717, 1.165) is 0 Å². The summed E-state index contributed by atoms with van der Waals surface area (Å²) in [5.41, 5.74) is -0.160. The number of methoxy groups -OCH3 is 1. The van der Waals surface area contributed by atoms with Crippen LogP contribution in [0.5, 0.6) is 0 Å². The van der Waals surface area contributed by atoms with Crippen LogP contribution in [0.1, 0.15) is 10.5 Å². The number of ether oxygens (including phenoxy) is 1. The number of carbonyl (C=O) groups excluding carboxylic acids is 1. The van der Waals surface area contributed by atoms with E-state index in [1.807, 2.05) is 0 Å². The fourth-order valence-electron chi connectivity index (χ4n) is 1.47. The number of fused-ring (bicyclic) bond motifs is 1. The SMILES string of the molecule is CNc1ncc2nc(C(=O)OC)c(=O)n(C)c2n1. The third-order valence-corrected chi connectivity index (χ3v) is 2.41. The molecule has 2 aromatic rings. The molecule has 0 saturated carbocycles. The number of carbonyl (C=O) groups is 1. The Kier molecular flexibility index (Phi) is 2.92. The van der Waals surface area contributed by atoms with Crippen LogP contribution in [0, 0.1) is 0 Å². The Balaban J connectivity index is 2.79. The first-order valence-corrected chi connectivity index (χ1v) is 5.08. The fraction of sp³-hybridized carbons (Fsp3) is 0.300. The van der Waals surface area contributed by atoms with Gasteiger partial charge in [-0.25, -0.2) is 14.8 Å². The molecule has 0 spiro atoms. The molecule has 18 heavy (non-hydrogen) atoms. The van der Waals surface area contributed by atoms with Crippen molar-refractivity contribution in [2.45, 2.75) is 0 Å². The second kappa shape index (κ2) is 4.40. The molecule has 0 aliphatic rings. The Morgan fingerprint density at radius 3 is 2.78 bits per heavy atom. The first-order chi connectivity index (χ1) is 8.58. The summed E-state index contributed by atoms with van der Waals surface area (Å²) in [5, 5.41) is 2.76. The average molecular weight is 249 g/mol. The van der Waals surface area contributed by atoms with Crippen molar-refractivity contribution in [2.75, 3.05) is 19.5 Å². The van der Waals surface area contributed by atoms with Crippen molar-refractivity contribution in [2.24, 2.45) is 7.05 Å². The van der Waals surface area contributed by atoms with Gasteiger partial charge in [-0.15, -0.1) is 0 Å². The number of hydrogen-bond acceptors (Lipinski definition) is 7. The van der Waals surface area contributed by atoms with Crippen molar-refractivity contribution in [1.29, 1.82) is 0 Å². The second-order valence-electron chi connectivity index (χ2n) is 3.47. The number of nitrogens with zero attached hydrogens (tertiary/aromatic N) is 4. The van der Waals surface area contributed by atoms with Crippen molar-refractivity contribution in [1.82, 2.24) is 19.5 Å². The highest BCUT2D eigenvalue weighted by molar-refractivity contribution is 5.88. The average Bonchev–Trinajstić information content (AvgIpc) is 2.41. The van der Waals surface area contributed by atoms with Crippen molar-refractivity contribution in [3.8, 4) is 0 Å². The van der Waals surface area contributed by atoms with E-state index >= 15 is 0 Å². The van der Waals surface area contributed by atoms with Crippen LogP contribution in [0.25, 0.3) is 11.2 Å². The Hall–Kier alpha value is -2.51. The Morgan fingerprint density at radius 1 is 1.44 bits per heavy atom. The van der Waals surface area contributed by atoms with Crippen molar-refractivity contribution >= 4 is 23.1 Å². The van der Waals surface area contributed by atoms with Gasteiger partial charge >= 0.3 is 5.97 Å². The lowest BCUT2D eigenvalue weighted by Crippen LogP contribution is -2.28. The van der Waals surface area contributed by atoms with Gasteiger partial charge in [0.1, 0.15) is 5.52 Å².